The molecule has 0 saturated carbocycles. The van der Waals surface area contributed by atoms with Gasteiger partial charge in [0, 0.05) is 5.02 Å². The van der Waals surface area contributed by atoms with Crippen LogP contribution in [-0.4, -0.2) is 31.2 Å². The molecular formula is C14H13Cl2NO5. The largest absolute Gasteiger partial charge is 0.493 e. The van der Waals surface area contributed by atoms with Crippen LogP contribution in [0.25, 0.3) is 0 Å². The van der Waals surface area contributed by atoms with Gasteiger partial charge < -0.3 is 19.5 Å². The molecule has 0 saturated heterocycles. The van der Waals surface area contributed by atoms with Gasteiger partial charge in [-0.15, -0.1) is 0 Å². The number of hydrogen-bond donors (Lipinski definition) is 1. The Kier molecular flexibility index (Phi) is 5.51. The minimum absolute atomic E-state index is 0.0771. The lowest BCUT2D eigenvalue weighted by Crippen LogP contribution is -2.31. The number of amides is 1. The van der Waals surface area contributed by atoms with E-state index in [1.165, 1.54) is 13.0 Å². The van der Waals surface area contributed by atoms with E-state index in [0.29, 0.717) is 22.3 Å². The minimum atomic E-state index is -1.05. The first-order valence-corrected chi connectivity index (χ1v) is 7.14. The molecule has 1 atom stereocenters. The van der Waals surface area contributed by atoms with E-state index in [1.54, 1.807) is 12.1 Å². The fraction of sp³-hybridized carbons (Fsp3) is 0.286. The Morgan fingerprint density at radius 3 is 2.77 bits per heavy atom. The lowest BCUT2D eigenvalue weighted by Gasteiger charge is -2.17. The molecule has 0 bridgehead atoms. The van der Waals surface area contributed by atoms with Gasteiger partial charge in [0.25, 0.3) is 5.91 Å². The highest BCUT2D eigenvalue weighted by molar-refractivity contribution is 6.35. The lowest BCUT2D eigenvalue weighted by atomic mass is 10.3. The van der Waals surface area contributed by atoms with E-state index >= 15 is 0 Å². The summed E-state index contributed by atoms with van der Waals surface area (Å²) in [5, 5.41) is 3.28. The van der Waals surface area contributed by atoms with Crippen LogP contribution in [0.1, 0.15) is 6.92 Å². The van der Waals surface area contributed by atoms with Gasteiger partial charge in [0.1, 0.15) is 19.5 Å². The zero-order chi connectivity index (χ0) is 16.1. The molecule has 1 amide bonds. The summed E-state index contributed by atoms with van der Waals surface area (Å²) in [7, 11) is 0. The normalized spacial score (nSPS) is 15.0. The Labute approximate surface area is 136 Å². The summed E-state index contributed by atoms with van der Waals surface area (Å²) in [5.74, 6) is -1.40. The molecule has 1 aromatic carbocycles. The Morgan fingerprint density at radius 2 is 2.09 bits per heavy atom. The fourth-order valence-electron chi connectivity index (χ4n) is 1.58. The first-order valence-electron chi connectivity index (χ1n) is 6.39. The molecule has 8 heteroatoms. The second-order valence-corrected chi connectivity index (χ2v) is 5.21. The highest BCUT2D eigenvalue weighted by Gasteiger charge is 2.23. The van der Waals surface area contributed by atoms with Crippen molar-refractivity contribution in [1.82, 2.24) is 0 Å². The van der Waals surface area contributed by atoms with Gasteiger partial charge in [-0.2, -0.15) is 0 Å². The first-order chi connectivity index (χ1) is 10.5. The molecule has 0 radical (unpaired) electrons. The van der Waals surface area contributed by atoms with Crippen LogP contribution >= 0.6 is 23.2 Å². The smallest absolute Gasteiger partial charge is 0.377 e. The molecule has 1 aliphatic rings. The van der Waals surface area contributed by atoms with Crippen molar-refractivity contribution in [1.29, 1.82) is 0 Å². The van der Waals surface area contributed by atoms with Gasteiger partial charge in [0.2, 0.25) is 5.76 Å². The summed E-state index contributed by atoms with van der Waals surface area (Å²) < 4.78 is 15.0. The zero-order valence-electron chi connectivity index (χ0n) is 11.6. The molecule has 118 valence electrons. The number of anilines is 1. The Hall–Kier alpha value is -1.92. The van der Waals surface area contributed by atoms with Crippen LogP contribution in [-0.2, 0) is 23.8 Å². The van der Waals surface area contributed by atoms with Crippen LogP contribution in [0, 0.1) is 0 Å². The SMILES string of the molecule is C[C@@H](OC(=O)C1=COCCO1)C(=O)Nc1cc(Cl)ccc1Cl. The summed E-state index contributed by atoms with van der Waals surface area (Å²) in [6, 6.07) is 4.64. The van der Waals surface area contributed by atoms with Crippen LogP contribution < -0.4 is 5.32 Å². The summed E-state index contributed by atoms with van der Waals surface area (Å²) >= 11 is 11.8. The van der Waals surface area contributed by atoms with E-state index in [1.807, 2.05) is 0 Å². The van der Waals surface area contributed by atoms with Crippen molar-refractivity contribution in [2.75, 3.05) is 18.5 Å². The van der Waals surface area contributed by atoms with Crippen LogP contribution in [0.2, 0.25) is 10.0 Å². The zero-order valence-corrected chi connectivity index (χ0v) is 13.1. The van der Waals surface area contributed by atoms with Crippen LogP contribution in [0.15, 0.2) is 30.2 Å². The Balaban J connectivity index is 1.95. The fourth-order valence-corrected chi connectivity index (χ4v) is 1.91. The van der Waals surface area contributed by atoms with Crippen molar-refractivity contribution in [3.8, 4) is 0 Å². The van der Waals surface area contributed by atoms with E-state index < -0.39 is 18.0 Å². The summed E-state index contributed by atoms with van der Waals surface area (Å²) in [4.78, 5) is 23.8. The number of halogens is 2. The third-order valence-electron chi connectivity index (χ3n) is 2.69. The number of carbonyl (C=O) groups excluding carboxylic acids is 2. The van der Waals surface area contributed by atoms with E-state index in [0.717, 1.165) is 6.26 Å². The van der Waals surface area contributed by atoms with Gasteiger partial charge in [-0.05, 0) is 25.1 Å². The van der Waals surface area contributed by atoms with Gasteiger partial charge in [0.15, 0.2) is 6.10 Å². The Bertz CT molecular complexity index is 617. The second-order valence-electron chi connectivity index (χ2n) is 4.36. The van der Waals surface area contributed by atoms with Crippen LogP contribution in [0.5, 0.6) is 0 Å². The van der Waals surface area contributed by atoms with Gasteiger partial charge in [0.05, 0.1) is 10.7 Å². The minimum Gasteiger partial charge on any atom is -0.493 e. The maximum absolute atomic E-state index is 12.0. The number of ether oxygens (including phenoxy) is 3. The number of carbonyl (C=O) groups is 2. The topological polar surface area (TPSA) is 73.9 Å². The predicted molar refractivity (Wildman–Crippen MR) is 80.6 cm³/mol. The molecule has 1 N–H and O–H groups in total. The molecule has 1 heterocycles. The van der Waals surface area contributed by atoms with Gasteiger partial charge in [-0.25, -0.2) is 4.79 Å². The number of hydrogen-bond acceptors (Lipinski definition) is 5. The molecule has 0 spiro atoms. The maximum atomic E-state index is 12.0. The van der Waals surface area contributed by atoms with Gasteiger partial charge >= 0.3 is 5.97 Å². The maximum Gasteiger partial charge on any atom is 0.377 e. The van der Waals surface area contributed by atoms with E-state index in [9.17, 15) is 9.59 Å². The van der Waals surface area contributed by atoms with Crippen molar-refractivity contribution in [3.63, 3.8) is 0 Å². The molecule has 0 aliphatic carbocycles. The van der Waals surface area contributed by atoms with Crippen molar-refractivity contribution in [3.05, 3.63) is 40.3 Å². The number of rotatable bonds is 4. The highest BCUT2D eigenvalue weighted by Crippen LogP contribution is 2.25. The van der Waals surface area contributed by atoms with Crippen molar-refractivity contribution < 1.29 is 23.8 Å². The predicted octanol–water partition coefficient (Wildman–Crippen LogP) is 2.75. The van der Waals surface area contributed by atoms with E-state index in [4.69, 9.17) is 37.4 Å². The average molecular weight is 346 g/mol. The van der Waals surface area contributed by atoms with Crippen molar-refractivity contribution in [2.24, 2.45) is 0 Å². The molecule has 0 fully saturated rings. The molecule has 22 heavy (non-hydrogen) atoms. The Morgan fingerprint density at radius 1 is 1.32 bits per heavy atom. The monoisotopic (exact) mass is 345 g/mol. The molecule has 0 aromatic heterocycles. The van der Waals surface area contributed by atoms with E-state index in [-0.39, 0.29) is 12.4 Å². The third-order valence-corrected chi connectivity index (χ3v) is 3.25. The third kappa shape index (κ3) is 4.29. The number of esters is 1. The second kappa shape index (κ2) is 7.38. The van der Waals surface area contributed by atoms with Crippen molar-refractivity contribution >= 4 is 40.8 Å². The molecule has 0 unspecified atom stereocenters. The molecule has 1 aliphatic heterocycles. The molecular weight excluding hydrogens is 333 g/mol. The molecule has 2 rings (SSSR count). The summed E-state index contributed by atoms with van der Waals surface area (Å²) in [5.41, 5.74) is 0.332. The van der Waals surface area contributed by atoms with Crippen LogP contribution in [0.3, 0.4) is 0 Å². The molecule has 6 nitrogen and oxygen atoms in total. The van der Waals surface area contributed by atoms with E-state index in [2.05, 4.69) is 5.32 Å². The van der Waals surface area contributed by atoms with Gasteiger partial charge in [-0.3, -0.25) is 4.79 Å². The standard InChI is InChI=1S/C14H13Cl2NO5/c1-8(22-14(19)12-7-20-4-5-21-12)13(18)17-11-6-9(15)2-3-10(11)16/h2-3,6-8H,4-5H2,1H3,(H,17,18)/t8-/m1/s1. The number of benzene rings is 1. The number of nitrogens with one attached hydrogen (secondary N) is 1. The quantitative estimate of drug-likeness (QED) is 0.849. The van der Waals surface area contributed by atoms with Crippen molar-refractivity contribution in [2.45, 2.75) is 13.0 Å². The molecule has 1 aromatic rings. The average Bonchev–Trinajstić information content (AvgIpc) is 2.51. The van der Waals surface area contributed by atoms with Gasteiger partial charge in [-0.1, -0.05) is 23.2 Å². The summed E-state index contributed by atoms with van der Waals surface area (Å²) in [6.07, 6.45) is 0.110. The highest BCUT2D eigenvalue weighted by atomic mass is 35.5. The summed E-state index contributed by atoms with van der Waals surface area (Å²) in [6.45, 7) is 2.04. The first kappa shape index (κ1) is 16.5. The van der Waals surface area contributed by atoms with Crippen LogP contribution in [0.4, 0.5) is 5.69 Å². The lowest BCUT2D eigenvalue weighted by molar-refractivity contribution is -0.153.